The maximum atomic E-state index is 12.5. The smallest absolute Gasteiger partial charge is 0.351 e. The molecule has 1 aromatic heterocycles. The van der Waals surface area contributed by atoms with Crippen molar-refractivity contribution in [3.63, 3.8) is 0 Å². The summed E-state index contributed by atoms with van der Waals surface area (Å²) in [5.41, 5.74) is -0.577. The molecule has 144 valence electrons. The van der Waals surface area contributed by atoms with Crippen LogP contribution in [0.5, 0.6) is 11.5 Å². The number of para-hydroxylation sites is 1. The number of ether oxygens (including phenoxy) is 3. The minimum Gasteiger partial charge on any atom is -0.497 e. The van der Waals surface area contributed by atoms with Gasteiger partial charge in [-0.25, -0.2) is 9.59 Å². The largest absolute Gasteiger partial charge is 0.497 e. The second kappa shape index (κ2) is 7.96. The van der Waals surface area contributed by atoms with Crippen molar-refractivity contribution in [2.45, 2.75) is 13.0 Å². The van der Waals surface area contributed by atoms with E-state index in [0.29, 0.717) is 22.4 Å². The third kappa shape index (κ3) is 3.73. The Labute approximate surface area is 160 Å². The zero-order valence-corrected chi connectivity index (χ0v) is 15.6. The van der Waals surface area contributed by atoms with Crippen molar-refractivity contribution in [3.05, 3.63) is 70.1 Å². The molecule has 0 aliphatic heterocycles. The summed E-state index contributed by atoms with van der Waals surface area (Å²) in [6, 6.07) is 12.8. The fraction of sp³-hybridized carbons (Fsp3) is 0.190. The molecular weight excluding hydrogens is 364 g/mol. The first kappa shape index (κ1) is 19.2. The summed E-state index contributed by atoms with van der Waals surface area (Å²) in [6.07, 6.45) is -1.08. The van der Waals surface area contributed by atoms with E-state index in [4.69, 9.17) is 18.6 Å². The van der Waals surface area contributed by atoms with E-state index in [-0.39, 0.29) is 11.1 Å². The van der Waals surface area contributed by atoms with Gasteiger partial charge in [0.1, 0.15) is 11.3 Å². The molecule has 0 spiro atoms. The molecule has 0 amide bonds. The summed E-state index contributed by atoms with van der Waals surface area (Å²) in [4.78, 5) is 37.1. The lowest BCUT2D eigenvalue weighted by atomic mass is 10.1. The van der Waals surface area contributed by atoms with Crippen LogP contribution >= 0.6 is 0 Å². The quantitative estimate of drug-likeness (QED) is 0.367. The number of hydrogen-bond donors (Lipinski definition) is 0. The SMILES string of the molecule is COc1ccc(C(=O)[C@H](C)OC(=O)c2cc3cccc(OC)c3oc2=O)cc1. The monoisotopic (exact) mass is 382 g/mol. The molecule has 28 heavy (non-hydrogen) atoms. The van der Waals surface area contributed by atoms with E-state index in [9.17, 15) is 14.4 Å². The Morgan fingerprint density at radius 1 is 1.00 bits per heavy atom. The normalized spacial score (nSPS) is 11.7. The second-order valence-corrected chi connectivity index (χ2v) is 5.97. The molecule has 0 radical (unpaired) electrons. The number of methoxy groups -OCH3 is 2. The van der Waals surface area contributed by atoms with Gasteiger partial charge in [-0.05, 0) is 43.3 Å². The first-order valence-electron chi connectivity index (χ1n) is 8.44. The van der Waals surface area contributed by atoms with E-state index < -0.39 is 23.5 Å². The Bertz CT molecular complexity index is 1080. The summed E-state index contributed by atoms with van der Waals surface area (Å²) in [7, 11) is 2.97. The molecule has 3 rings (SSSR count). The number of carbonyl (C=O) groups excluding carboxylic acids is 2. The zero-order chi connectivity index (χ0) is 20.3. The van der Waals surface area contributed by atoms with Gasteiger partial charge in [0.2, 0.25) is 5.78 Å². The van der Waals surface area contributed by atoms with Gasteiger partial charge in [-0.15, -0.1) is 0 Å². The number of hydrogen-bond acceptors (Lipinski definition) is 7. The summed E-state index contributed by atoms with van der Waals surface area (Å²) >= 11 is 0. The molecule has 0 saturated heterocycles. The number of benzene rings is 2. The molecule has 7 nitrogen and oxygen atoms in total. The molecule has 7 heteroatoms. The van der Waals surface area contributed by atoms with Crippen LogP contribution in [0.15, 0.2) is 57.7 Å². The average Bonchev–Trinajstić information content (AvgIpc) is 2.72. The van der Waals surface area contributed by atoms with Crippen molar-refractivity contribution < 1.29 is 28.2 Å². The van der Waals surface area contributed by atoms with Gasteiger partial charge in [-0.1, -0.05) is 12.1 Å². The van der Waals surface area contributed by atoms with Crippen molar-refractivity contribution in [3.8, 4) is 11.5 Å². The van der Waals surface area contributed by atoms with E-state index in [2.05, 4.69) is 0 Å². The van der Waals surface area contributed by atoms with Crippen LogP contribution in [0.2, 0.25) is 0 Å². The molecule has 0 fully saturated rings. The van der Waals surface area contributed by atoms with Gasteiger partial charge in [-0.2, -0.15) is 0 Å². The van der Waals surface area contributed by atoms with Gasteiger partial charge in [0.05, 0.1) is 14.2 Å². The maximum Gasteiger partial charge on any atom is 0.351 e. The van der Waals surface area contributed by atoms with Gasteiger partial charge in [0.15, 0.2) is 17.4 Å². The van der Waals surface area contributed by atoms with Gasteiger partial charge in [0, 0.05) is 10.9 Å². The van der Waals surface area contributed by atoms with Crippen molar-refractivity contribution >= 4 is 22.7 Å². The number of rotatable bonds is 6. The third-order valence-corrected chi connectivity index (χ3v) is 4.19. The molecular formula is C21H18O7. The lowest BCUT2D eigenvalue weighted by Crippen LogP contribution is -2.27. The summed E-state index contributed by atoms with van der Waals surface area (Å²) in [5.74, 6) is -0.362. The maximum absolute atomic E-state index is 12.5. The molecule has 0 N–H and O–H groups in total. The Morgan fingerprint density at radius 2 is 1.71 bits per heavy atom. The molecule has 1 atom stereocenters. The molecule has 0 unspecified atom stereocenters. The minimum atomic E-state index is -1.08. The summed E-state index contributed by atoms with van der Waals surface area (Å²) < 4.78 is 20.6. The number of esters is 1. The topological polar surface area (TPSA) is 92.0 Å². The molecule has 0 aliphatic rings. The van der Waals surface area contributed by atoms with Gasteiger partial charge < -0.3 is 18.6 Å². The van der Waals surface area contributed by atoms with E-state index >= 15 is 0 Å². The molecule has 3 aromatic rings. The number of ketones is 1. The van der Waals surface area contributed by atoms with Crippen LogP contribution < -0.4 is 15.1 Å². The standard InChI is InChI=1S/C21H18O7/c1-12(18(22)13-7-9-15(25-2)10-8-13)27-20(23)16-11-14-5-4-6-17(26-3)19(14)28-21(16)24/h4-12H,1-3H3/t12-/m0/s1. The Balaban J connectivity index is 1.82. The lowest BCUT2D eigenvalue weighted by molar-refractivity contribution is 0.0315. The van der Waals surface area contributed by atoms with Crippen molar-refractivity contribution in [2.24, 2.45) is 0 Å². The van der Waals surface area contributed by atoms with E-state index in [0.717, 1.165) is 0 Å². The molecule has 1 heterocycles. The third-order valence-electron chi connectivity index (χ3n) is 4.19. The van der Waals surface area contributed by atoms with Crippen LogP contribution in [-0.4, -0.2) is 32.1 Å². The Hall–Kier alpha value is -3.61. The lowest BCUT2D eigenvalue weighted by Gasteiger charge is -2.12. The van der Waals surface area contributed by atoms with Crippen LogP contribution in [0, 0.1) is 0 Å². The number of fused-ring (bicyclic) bond motifs is 1. The van der Waals surface area contributed by atoms with E-state index in [1.807, 2.05) is 0 Å². The fourth-order valence-electron chi connectivity index (χ4n) is 2.69. The van der Waals surface area contributed by atoms with Crippen LogP contribution in [-0.2, 0) is 4.74 Å². The highest BCUT2D eigenvalue weighted by Gasteiger charge is 2.23. The van der Waals surface area contributed by atoms with Crippen molar-refractivity contribution in [1.29, 1.82) is 0 Å². The van der Waals surface area contributed by atoms with Crippen LogP contribution in [0.25, 0.3) is 11.0 Å². The van der Waals surface area contributed by atoms with Gasteiger partial charge >= 0.3 is 11.6 Å². The van der Waals surface area contributed by atoms with Crippen LogP contribution in [0.1, 0.15) is 27.6 Å². The first-order valence-corrected chi connectivity index (χ1v) is 8.44. The van der Waals surface area contributed by atoms with E-state index in [1.54, 1.807) is 42.5 Å². The van der Waals surface area contributed by atoms with E-state index in [1.165, 1.54) is 27.2 Å². The molecule has 0 bridgehead atoms. The first-order chi connectivity index (χ1) is 13.4. The van der Waals surface area contributed by atoms with Crippen molar-refractivity contribution in [1.82, 2.24) is 0 Å². The second-order valence-electron chi connectivity index (χ2n) is 5.97. The average molecular weight is 382 g/mol. The highest BCUT2D eigenvalue weighted by atomic mass is 16.5. The van der Waals surface area contributed by atoms with Gasteiger partial charge in [-0.3, -0.25) is 4.79 Å². The van der Waals surface area contributed by atoms with Crippen LogP contribution in [0.3, 0.4) is 0 Å². The highest BCUT2D eigenvalue weighted by Crippen LogP contribution is 2.24. The predicted octanol–water partition coefficient (Wildman–Crippen LogP) is 3.24. The number of carbonyl (C=O) groups is 2. The molecule has 0 saturated carbocycles. The minimum absolute atomic E-state index is 0.230. The Kier molecular flexibility index (Phi) is 5.44. The van der Waals surface area contributed by atoms with Crippen molar-refractivity contribution in [2.75, 3.05) is 14.2 Å². The summed E-state index contributed by atoms with van der Waals surface area (Å²) in [5, 5.41) is 0.500. The summed E-state index contributed by atoms with van der Waals surface area (Å²) in [6.45, 7) is 1.44. The molecule has 2 aromatic carbocycles. The van der Waals surface area contributed by atoms with Crippen LogP contribution in [0.4, 0.5) is 0 Å². The number of Topliss-reactive ketones (excluding diaryl/α,β-unsaturated/α-hetero) is 1. The fourth-order valence-corrected chi connectivity index (χ4v) is 2.69. The van der Waals surface area contributed by atoms with Gasteiger partial charge in [0.25, 0.3) is 0 Å². The zero-order valence-electron chi connectivity index (χ0n) is 15.6. The highest BCUT2D eigenvalue weighted by molar-refractivity contribution is 6.02. The Morgan fingerprint density at radius 3 is 2.36 bits per heavy atom. The predicted molar refractivity (Wildman–Crippen MR) is 101 cm³/mol. The molecule has 0 aliphatic carbocycles.